The second-order valence-corrected chi connectivity index (χ2v) is 9.92. The number of anilines is 3. The van der Waals surface area contributed by atoms with Crippen LogP contribution >= 0.6 is 23.2 Å². The molecule has 5 rings (SSSR count). The highest BCUT2D eigenvalue weighted by Crippen LogP contribution is 2.51. The molecule has 0 spiro atoms. The minimum absolute atomic E-state index is 0.150. The Hall–Kier alpha value is -3.60. The van der Waals surface area contributed by atoms with Gasteiger partial charge in [-0.25, -0.2) is 15.0 Å². The number of hydrogen-bond acceptors (Lipinski definition) is 9. The number of nitrogens with zero attached hydrogens (tertiary/aromatic N) is 4. The maximum Gasteiger partial charge on any atom is 0.243 e. The molecule has 1 amide bonds. The molecule has 0 saturated carbocycles. The molecule has 4 heterocycles. The molecule has 204 valence electrons. The molecule has 2 aromatic heterocycles. The Bertz CT molecular complexity index is 1410. The summed E-state index contributed by atoms with van der Waals surface area (Å²) in [6.45, 7) is 6.77. The molecule has 2 N–H and O–H groups in total. The van der Waals surface area contributed by atoms with E-state index in [2.05, 4.69) is 22.2 Å². The van der Waals surface area contributed by atoms with E-state index in [0.717, 1.165) is 22.5 Å². The third-order valence-electron chi connectivity index (χ3n) is 6.72. The molecule has 2 aliphatic rings. The van der Waals surface area contributed by atoms with Gasteiger partial charge in [0.15, 0.2) is 0 Å². The van der Waals surface area contributed by atoms with E-state index in [0.29, 0.717) is 65.2 Å². The van der Waals surface area contributed by atoms with Crippen molar-refractivity contribution in [2.24, 2.45) is 0 Å². The molecule has 2 aliphatic heterocycles. The average Bonchev–Trinajstić information content (AvgIpc) is 2.94. The van der Waals surface area contributed by atoms with Crippen molar-refractivity contribution < 1.29 is 19.0 Å². The molecule has 0 bridgehead atoms. The van der Waals surface area contributed by atoms with Gasteiger partial charge in [-0.1, -0.05) is 29.8 Å². The molecule has 2 atom stereocenters. The number of carbonyl (C=O) groups excluding carboxylic acids is 1. The van der Waals surface area contributed by atoms with E-state index in [4.69, 9.17) is 47.4 Å². The number of aryl methyl sites for hydroxylation is 1. The van der Waals surface area contributed by atoms with Gasteiger partial charge in [-0.05, 0) is 31.6 Å². The van der Waals surface area contributed by atoms with Crippen molar-refractivity contribution in [1.82, 2.24) is 20.3 Å². The lowest BCUT2D eigenvalue weighted by atomic mass is 10.0. The molecule has 10 nitrogen and oxygen atoms in total. The Labute approximate surface area is 236 Å². The third-order valence-corrected chi connectivity index (χ3v) is 7.45. The van der Waals surface area contributed by atoms with Crippen LogP contribution in [0.5, 0.6) is 11.5 Å². The van der Waals surface area contributed by atoms with Gasteiger partial charge in [-0.2, -0.15) is 0 Å². The van der Waals surface area contributed by atoms with Crippen molar-refractivity contribution >= 4 is 46.6 Å². The van der Waals surface area contributed by atoms with E-state index < -0.39 is 0 Å². The Morgan fingerprint density at radius 2 is 1.92 bits per heavy atom. The molecular formula is C27H28Cl2N6O4. The lowest BCUT2D eigenvalue weighted by Crippen LogP contribution is -2.52. The summed E-state index contributed by atoms with van der Waals surface area (Å²) >= 11 is 13.6. The van der Waals surface area contributed by atoms with Crippen molar-refractivity contribution in [1.29, 1.82) is 0 Å². The zero-order chi connectivity index (χ0) is 27.7. The van der Waals surface area contributed by atoms with Crippen molar-refractivity contribution in [3.8, 4) is 22.8 Å². The topological polar surface area (TPSA) is 111 Å². The van der Waals surface area contributed by atoms with Crippen LogP contribution in [-0.2, 0) is 16.1 Å². The van der Waals surface area contributed by atoms with Crippen molar-refractivity contribution in [3.05, 3.63) is 58.4 Å². The minimum atomic E-state index is -0.234. The van der Waals surface area contributed by atoms with E-state index >= 15 is 0 Å². The number of pyridine rings is 1. The summed E-state index contributed by atoms with van der Waals surface area (Å²) in [7, 11) is 3.07. The monoisotopic (exact) mass is 570 g/mol. The number of amides is 1. The van der Waals surface area contributed by atoms with Gasteiger partial charge in [0.2, 0.25) is 11.9 Å². The van der Waals surface area contributed by atoms with E-state index in [9.17, 15) is 4.79 Å². The number of fused-ring (bicyclic) bond motifs is 3. The Morgan fingerprint density at radius 3 is 2.62 bits per heavy atom. The van der Waals surface area contributed by atoms with Gasteiger partial charge >= 0.3 is 0 Å². The maximum atomic E-state index is 11.9. The van der Waals surface area contributed by atoms with Crippen molar-refractivity contribution in [3.63, 3.8) is 0 Å². The normalized spacial score (nSPS) is 18.0. The van der Waals surface area contributed by atoms with Crippen LogP contribution in [0, 0.1) is 6.92 Å². The first-order chi connectivity index (χ1) is 18.8. The number of hydrogen-bond donors (Lipinski definition) is 2. The molecule has 12 heteroatoms. The summed E-state index contributed by atoms with van der Waals surface area (Å²) in [5.41, 5.74) is 3.71. The maximum absolute atomic E-state index is 11.9. The van der Waals surface area contributed by atoms with Crippen LogP contribution in [-0.4, -0.2) is 60.4 Å². The third kappa shape index (κ3) is 5.19. The quantitative estimate of drug-likeness (QED) is 0.390. The van der Waals surface area contributed by atoms with Crippen molar-refractivity contribution in [2.75, 3.05) is 37.7 Å². The fourth-order valence-electron chi connectivity index (χ4n) is 4.76. The lowest BCUT2D eigenvalue weighted by molar-refractivity contribution is -0.117. The van der Waals surface area contributed by atoms with Gasteiger partial charge < -0.3 is 29.7 Å². The van der Waals surface area contributed by atoms with Gasteiger partial charge in [0, 0.05) is 35.7 Å². The minimum Gasteiger partial charge on any atom is -0.495 e. The van der Waals surface area contributed by atoms with Gasteiger partial charge in [-0.3, -0.25) is 4.79 Å². The van der Waals surface area contributed by atoms with Crippen LogP contribution in [0.1, 0.15) is 17.7 Å². The summed E-state index contributed by atoms with van der Waals surface area (Å²) in [6, 6.07) is 5.18. The van der Waals surface area contributed by atoms with Gasteiger partial charge in [0.05, 0.1) is 50.8 Å². The van der Waals surface area contributed by atoms with E-state index in [-0.39, 0.29) is 18.0 Å². The number of benzene rings is 1. The summed E-state index contributed by atoms with van der Waals surface area (Å²) in [5.74, 6) is 1.68. The molecule has 0 unspecified atom stereocenters. The van der Waals surface area contributed by atoms with Crippen LogP contribution in [0.2, 0.25) is 10.0 Å². The number of nitrogens with one attached hydrogen (secondary N) is 2. The van der Waals surface area contributed by atoms with Gasteiger partial charge in [-0.15, -0.1) is 0 Å². The fraction of sp³-hybridized carbons (Fsp3) is 0.333. The highest BCUT2D eigenvalue weighted by molar-refractivity contribution is 6.41. The lowest BCUT2D eigenvalue weighted by Gasteiger charge is -2.34. The summed E-state index contributed by atoms with van der Waals surface area (Å²) < 4.78 is 16.6. The first kappa shape index (κ1) is 27.0. The van der Waals surface area contributed by atoms with Crippen LogP contribution < -0.4 is 25.0 Å². The molecule has 3 aromatic rings. The Balaban J connectivity index is 1.54. The zero-order valence-corrected chi connectivity index (χ0v) is 23.3. The Morgan fingerprint density at radius 1 is 1.18 bits per heavy atom. The fourth-order valence-corrected chi connectivity index (χ4v) is 5.46. The van der Waals surface area contributed by atoms with Crippen molar-refractivity contribution in [2.45, 2.75) is 32.0 Å². The van der Waals surface area contributed by atoms with Crippen LogP contribution in [0.25, 0.3) is 11.3 Å². The first-order valence-electron chi connectivity index (χ1n) is 12.3. The zero-order valence-electron chi connectivity index (χ0n) is 21.8. The molecule has 1 fully saturated rings. The molecular weight excluding hydrogens is 543 g/mol. The summed E-state index contributed by atoms with van der Waals surface area (Å²) in [4.78, 5) is 28.1. The largest absolute Gasteiger partial charge is 0.495 e. The molecule has 39 heavy (non-hydrogen) atoms. The first-order valence-corrected chi connectivity index (χ1v) is 13.1. The molecule has 1 saturated heterocycles. The van der Waals surface area contributed by atoms with E-state index in [1.165, 1.54) is 20.3 Å². The molecule has 0 radical (unpaired) electrons. The highest BCUT2D eigenvalue weighted by atomic mass is 35.5. The van der Waals surface area contributed by atoms with Gasteiger partial charge in [0.25, 0.3) is 0 Å². The number of aromatic nitrogens is 3. The number of carbonyl (C=O) groups is 1. The second-order valence-electron chi connectivity index (χ2n) is 9.17. The number of halogens is 2. The molecule has 1 aromatic carbocycles. The second kappa shape index (κ2) is 11.3. The highest BCUT2D eigenvalue weighted by Gasteiger charge is 2.32. The number of methoxy groups -OCH3 is 2. The van der Waals surface area contributed by atoms with E-state index in [1.54, 1.807) is 12.3 Å². The molecule has 0 aliphatic carbocycles. The standard InChI is InChI=1S/C27H28Cl2N6O4/c1-5-21(36)32-17-8-9-39-13-18(17)33-27-30-11-15-12-35(26-16(24(15)34-27)7-6-14(2)31-26)25-22(28)19(37-3)10-20(38-4)23(25)29/h5-7,10-11,17-18H,1,8-9,12-13H2,2-4H3,(H,32,36)(H,30,33,34)/t17-,18+/m0/s1. The SMILES string of the molecule is C=CC(=O)N[C@H]1CCOC[C@H]1Nc1ncc2c(n1)-c1ccc(C)nc1N(c1c(Cl)c(OC)cc(OC)c1Cl)C2. The predicted octanol–water partition coefficient (Wildman–Crippen LogP) is 4.69. The van der Waals surface area contributed by atoms with Crippen LogP contribution in [0.15, 0.2) is 37.1 Å². The van der Waals surface area contributed by atoms with Gasteiger partial charge in [0.1, 0.15) is 27.4 Å². The van der Waals surface area contributed by atoms with Crippen LogP contribution in [0.3, 0.4) is 0 Å². The van der Waals surface area contributed by atoms with E-state index in [1.807, 2.05) is 24.0 Å². The number of rotatable bonds is 7. The predicted molar refractivity (Wildman–Crippen MR) is 150 cm³/mol. The smallest absolute Gasteiger partial charge is 0.243 e. The average molecular weight is 571 g/mol. The number of ether oxygens (including phenoxy) is 3. The Kier molecular flexibility index (Phi) is 7.79. The van der Waals surface area contributed by atoms with Crippen LogP contribution in [0.4, 0.5) is 17.5 Å². The summed E-state index contributed by atoms with van der Waals surface area (Å²) in [6.07, 6.45) is 3.69. The summed E-state index contributed by atoms with van der Waals surface area (Å²) in [5, 5.41) is 6.97.